The quantitative estimate of drug-likeness (QED) is 0.741. The predicted octanol–water partition coefficient (Wildman–Crippen LogP) is 2.16. The Hall–Kier alpha value is -1.10. The molecule has 0 saturated heterocycles. The van der Waals surface area contributed by atoms with Crippen molar-refractivity contribution in [2.75, 3.05) is 18.6 Å². The van der Waals surface area contributed by atoms with E-state index in [0.29, 0.717) is 10.9 Å². The third kappa shape index (κ3) is 2.68. The zero-order valence-electron chi connectivity index (χ0n) is 9.48. The number of carbonyl (C=O) groups excluding carboxylic acids is 1. The molecule has 0 radical (unpaired) electrons. The summed E-state index contributed by atoms with van der Waals surface area (Å²) >= 11 is 1.37. The van der Waals surface area contributed by atoms with Crippen molar-refractivity contribution in [3.8, 4) is 0 Å². The van der Waals surface area contributed by atoms with Crippen LogP contribution in [-0.4, -0.2) is 30.6 Å². The summed E-state index contributed by atoms with van der Waals surface area (Å²) in [6.45, 7) is 7.15. The van der Waals surface area contributed by atoms with Crippen molar-refractivity contribution in [2.45, 2.75) is 26.8 Å². The topological polar surface area (TPSA) is 42.4 Å². The van der Waals surface area contributed by atoms with Crippen molar-refractivity contribution >= 4 is 22.4 Å². The number of methoxy groups -OCH3 is 1. The van der Waals surface area contributed by atoms with Crippen LogP contribution in [-0.2, 0) is 4.74 Å². The van der Waals surface area contributed by atoms with Crippen LogP contribution in [0.2, 0.25) is 0 Å². The van der Waals surface area contributed by atoms with Crippen LogP contribution in [0, 0.1) is 0 Å². The molecular weight excluding hydrogens is 212 g/mol. The molecule has 5 heteroatoms. The van der Waals surface area contributed by atoms with Crippen LogP contribution in [0.25, 0.3) is 0 Å². The van der Waals surface area contributed by atoms with E-state index < -0.39 is 0 Å². The molecule has 0 N–H and O–H groups in total. The Labute approximate surface area is 93.9 Å². The van der Waals surface area contributed by atoms with E-state index in [4.69, 9.17) is 0 Å². The van der Waals surface area contributed by atoms with Crippen LogP contribution in [0.3, 0.4) is 0 Å². The first-order chi connectivity index (χ1) is 7.10. The van der Waals surface area contributed by atoms with Gasteiger partial charge in [-0.3, -0.25) is 0 Å². The van der Waals surface area contributed by atoms with Crippen LogP contribution in [0.15, 0.2) is 6.20 Å². The van der Waals surface area contributed by atoms with Crippen molar-refractivity contribution in [3.63, 3.8) is 0 Å². The van der Waals surface area contributed by atoms with Gasteiger partial charge in [-0.15, -0.1) is 0 Å². The third-order valence-electron chi connectivity index (χ3n) is 2.09. The van der Waals surface area contributed by atoms with Gasteiger partial charge in [0.25, 0.3) is 0 Å². The number of carbonyl (C=O) groups is 1. The van der Waals surface area contributed by atoms with Gasteiger partial charge in [0.15, 0.2) is 5.13 Å². The Morgan fingerprint density at radius 3 is 2.80 bits per heavy atom. The summed E-state index contributed by atoms with van der Waals surface area (Å²) < 4.78 is 4.64. The fourth-order valence-electron chi connectivity index (χ4n) is 1.31. The highest BCUT2D eigenvalue weighted by Gasteiger charge is 2.16. The maximum absolute atomic E-state index is 11.2. The van der Waals surface area contributed by atoms with Gasteiger partial charge in [-0.05, 0) is 20.8 Å². The number of hydrogen-bond acceptors (Lipinski definition) is 5. The molecular formula is C10H16N2O2S. The van der Waals surface area contributed by atoms with Gasteiger partial charge < -0.3 is 9.64 Å². The van der Waals surface area contributed by atoms with Gasteiger partial charge in [0.2, 0.25) is 0 Å². The van der Waals surface area contributed by atoms with Gasteiger partial charge in [-0.2, -0.15) is 0 Å². The van der Waals surface area contributed by atoms with Crippen LogP contribution >= 0.6 is 11.3 Å². The second-order valence-corrected chi connectivity index (χ2v) is 4.39. The van der Waals surface area contributed by atoms with Crippen LogP contribution < -0.4 is 4.90 Å². The summed E-state index contributed by atoms with van der Waals surface area (Å²) in [7, 11) is 1.38. The van der Waals surface area contributed by atoms with E-state index in [0.717, 1.165) is 11.7 Å². The molecule has 4 nitrogen and oxygen atoms in total. The Bertz CT molecular complexity index is 336. The van der Waals surface area contributed by atoms with Crippen molar-refractivity contribution in [1.82, 2.24) is 4.98 Å². The number of anilines is 1. The molecule has 0 atom stereocenters. The van der Waals surface area contributed by atoms with E-state index in [-0.39, 0.29) is 5.97 Å². The maximum atomic E-state index is 11.2. The molecule has 1 heterocycles. The molecule has 0 bridgehead atoms. The van der Waals surface area contributed by atoms with Crippen LogP contribution in [0.1, 0.15) is 30.4 Å². The molecule has 15 heavy (non-hydrogen) atoms. The molecule has 0 fully saturated rings. The first-order valence-electron chi connectivity index (χ1n) is 4.91. The lowest BCUT2D eigenvalue weighted by Crippen LogP contribution is -2.30. The number of aromatic nitrogens is 1. The summed E-state index contributed by atoms with van der Waals surface area (Å²) in [6, 6.07) is 0.381. The second kappa shape index (κ2) is 5.11. The van der Waals surface area contributed by atoms with E-state index in [1.807, 2.05) is 0 Å². The largest absolute Gasteiger partial charge is 0.465 e. The lowest BCUT2D eigenvalue weighted by atomic mass is 10.3. The van der Waals surface area contributed by atoms with Crippen molar-refractivity contribution < 1.29 is 9.53 Å². The molecule has 0 aliphatic carbocycles. The highest BCUT2D eigenvalue weighted by molar-refractivity contribution is 7.17. The minimum atomic E-state index is -0.321. The maximum Gasteiger partial charge on any atom is 0.349 e. The molecule has 0 aromatic carbocycles. The molecule has 1 aromatic heterocycles. The first-order valence-corrected chi connectivity index (χ1v) is 5.72. The number of esters is 1. The summed E-state index contributed by atoms with van der Waals surface area (Å²) in [4.78, 5) is 18.1. The number of rotatable bonds is 4. The first kappa shape index (κ1) is 12.0. The number of nitrogens with zero attached hydrogens (tertiary/aromatic N) is 2. The molecule has 1 rings (SSSR count). The minimum absolute atomic E-state index is 0.321. The monoisotopic (exact) mass is 228 g/mol. The average Bonchev–Trinajstić information content (AvgIpc) is 2.66. The van der Waals surface area contributed by atoms with Crippen LogP contribution in [0.5, 0.6) is 0 Å². The Kier molecular flexibility index (Phi) is 4.08. The van der Waals surface area contributed by atoms with E-state index in [9.17, 15) is 4.79 Å². The third-order valence-corrected chi connectivity index (χ3v) is 3.10. The highest BCUT2D eigenvalue weighted by atomic mass is 32.1. The van der Waals surface area contributed by atoms with Gasteiger partial charge in [0, 0.05) is 12.6 Å². The Morgan fingerprint density at radius 1 is 1.67 bits per heavy atom. The molecule has 0 aliphatic heterocycles. The number of hydrogen-bond donors (Lipinski definition) is 0. The van der Waals surface area contributed by atoms with E-state index >= 15 is 0 Å². The summed E-state index contributed by atoms with van der Waals surface area (Å²) in [6.07, 6.45) is 1.57. The van der Waals surface area contributed by atoms with Crippen molar-refractivity contribution in [2.24, 2.45) is 0 Å². The summed E-state index contributed by atoms with van der Waals surface area (Å²) in [5.74, 6) is -0.321. The average molecular weight is 228 g/mol. The standard InChI is InChI=1S/C10H16N2O2S/c1-5-12(7(2)3)10-11-6-8(15-10)9(13)14-4/h6-7H,5H2,1-4H3. The Balaban J connectivity index is 2.87. The normalized spacial score (nSPS) is 10.5. The summed E-state index contributed by atoms with van der Waals surface area (Å²) in [5.41, 5.74) is 0. The fourth-order valence-corrected chi connectivity index (χ4v) is 2.35. The minimum Gasteiger partial charge on any atom is -0.465 e. The lowest BCUT2D eigenvalue weighted by Gasteiger charge is -2.23. The second-order valence-electron chi connectivity index (χ2n) is 3.38. The SMILES string of the molecule is CCN(c1ncc(C(=O)OC)s1)C(C)C. The molecule has 0 unspecified atom stereocenters. The summed E-state index contributed by atoms with van der Waals surface area (Å²) in [5, 5.41) is 0.868. The molecule has 1 aromatic rings. The van der Waals surface area contributed by atoms with E-state index in [1.54, 1.807) is 6.20 Å². The van der Waals surface area contributed by atoms with Gasteiger partial charge in [0.1, 0.15) is 4.88 Å². The molecule has 0 saturated carbocycles. The van der Waals surface area contributed by atoms with Gasteiger partial charge >= 0.3 is 5.97 Å². The van der Waals surface area contributed by atoms with Crippen molar-refractivity contribution in [1.29, 1.82) is 0 Å². The molecule has 0 aliphatic rings. The predicted molar refractivity (Wildman–Crippen MR) is 61.6 cm³/mol. The van der Waals surface area contributed by atoms with Gasteiger partial charge in [0.05, 0.1) is 13.3 Å². The zero-order valence-corrected chi connectivity index (χ0v) is 10.3. The zero-order chi connectivity index (χ0) is 11.4. The highest BCUT2D eigenvalue weighted by Crippen LogP contribution is 2.24. The van der Waals surface area contributed by atoms with Crippen molar-refractivity contribution in [3.05, 3.63) is 11.1 Å². The lowest BCUT2D eigenvalue weighted by molar-refractivity contribution is 0.0606. The smallest absolute Gasteiger partial charge is 0.349 e. The fraction of sp³-hybridized carbons (Fsp3) is 0.600. The van der Waals surface area contributed by atoms with Gasteiger partial charge in [-0.25, -0.2) is 9.78 Å². The van der Waals surface area contributed by atoms with E-state index in [2.05, 4.69) is 35.4 Å². The molecule has 0 amide bonds. The Morgan fingerprint density at radius 2 is 2.33 bits per heavy atom. The molecule has 0 spiro atoms. The van der Waals surface area contributed by atoms with Gasteiger partial charge in [-0.1, -0.05) is 11.3 Å². The number of thiazole rings is 1. The van der Waals surface area contributed by atoms with E-state index in [1.165, 1.54) is 18.4 Å². The number of ether oxygens (including phenoxy) is 1. The van der Waals surface area contributed by atoms with Crippen LogP contribution in [0.4, 0.5) is 5.13 Å². The molecule has 84 valence electrons.